The second kappa shape index (κ2) is 3.78. The largest absolute Gasteiger partial charge is 0.506 e. The van der Waals surface area contributed by atoms with Gasteiger partial charge in [0.2, 0.25) is 0 Å². The third-order valence-corrected chi connectivity index (χ3v) is 2.63. The molecule has 14 heavy (non-hydrogen) atoms. The maximum Gasteiger partial charge on any atom is 0.139 e. The smallest absolute Gasteiger partial charge is 0.139 e. The van der Waals surface area contributed by atoms with E-state index in [1.807, 2.05) is 6.07 Å². The summed E-state index contributed by atoms with van der Waals surface area (Å²) in [4.78, 5) is 2.19. The van der Waals surface area contributed by atoms with Gasteiger partial charge in [-0.15, -0.1) is 0 Å². The summed E-state index contributed by atoms with van der Waals surface area (Å²) in [6, 6.07) is 5.35. The van der Waals surface area contributed by atoms with Crippen molar-refractivity contribution in [3.8, 4) is 11.5 Å². The van der Waals surface area contributed by atoms with E-state index in [9.17, 15) is 5.11 Å². The Morgan fingerprint density at radius 2 is 2.00 bits per heavy atom. The lowest BCUT2D eigenvalue weighted by atomic mass is 10.2. The monoisotopic (exact) mass is 193 g/mol. The molecule has 0 unspecified atom stereocenters. The van der Waals surface area contributed by atoms with Crippen molar-refractivity contribution in [1.29, 1.82) is 0 Å². The van der Waals surface area contributed by atoms with Gasteiger partial charge in [0, 0.05) is 19.2 Å². The fourth-order valence-electron chi connectivity index (χ4n) is 1.84. The molecule has 1 N–H and O–H groups in total. The van der Waals surface area contributed by atoms with Crippen molar-refractivity contribution in [2.24, 2.45) is 0 Å². The molecule has 0 spiro atoms. The maximum absolute atomic E-state index is 9.69. The number of rotatable bonds is 2. The van der Waals surface area contributed by atoms with Crippen LogP contribution in [0.3, 0.4) is 0 Å². The van der Waals surface area contributed by atoms with Gasteiger partial charge in [-0.05, 0) is 25.0 Å². The van der Waals surface area contributed by atoms with Crippen molar-refractivity contribution in [3.05, 3.63) is 18.2 Å². The third-order valence-electron chi connectivity index (χ3n) is 2.63. The van der Waals surface area contributed by atoms with E-state index in [-0.39, 0.29) is 0 Å². The molecule has 3 nitrogen and oxygen atoms in total. The van der Waals surface area contributed by atoms with Crippen molar-refractivity contribution < 1.29 is 9.84 Å². The van der Waals surface area contributed by atoms with Crippen molar-refractivity contribution in [1.82, 2.24) is 0 Å². The van der Waals surface area contributed by atoms with E-state index in [2.05, 4.69) is 4.90 Å². The zero-order valence-electron chi connectivity index (χ0n) is 8.36. The van der Waals surface area contributed by atoms with Gasteiger partial charge in [-0.3, -0.25) is 0 Å². The minimum absolute atomic E-state index is 0.340. The Kier molecular flexibility index (Phi) is 2.48. The van der Waals surface area contributed by atoms with Crippen LogP contribution in [0.25, 0.3) is 0 Å². The van der Waals surface area contributed by atoms with Crippen LogP contribution in [0.4, 0.5) is 5.69 Å². The third kappa shape index (κ3) is 1.62. The van der Waals surface area contributed by atoms with Crippen LogP contribution in [0.1, 0.15) is 12.8 Å². The molecule has 3 heteroatoms. The van der Waals surface area contributed by atoms with E-state index in [4.69, 9.17) is 4.74 Å². The lowest BCUT2D eigenvalue weighted by Crippen LogP contribution is -2.17. The van der Waals surface area contributed by atoms with Gasteiger partial charge in [0.25, 0.3) is 0 Å². The summed E-state index contributed by atoms with van der Waals surface area (Å²) in [5, 5.41) is 9.69. The molecule has 1 saturated heterocycles. The quantitative estimate of drug-likeness (QED) is 0.779. The molecule has 1 aliphatic rings. The average Bonchev–Trinajstić information content (AvgIpc) is 2.71. The topological polar surface area (TPSA) is 32.7 Å². The summed E-state index contributed by atoms with van der Waals surface area (Å²) < 4.78 is 5.13. The Morgan fingerprint density at radius 3 is 2.64 bits per heavy atom. The molecule has 1 heterocycles. The molecule has 0 aromatic heterocycles. The Balaban J connectivity index is 2.29. The first-order valence-electron chi connectivity index (χ1n) is 4.93. The minimum Gasteiger partial charge on any atom is -0.506 e. The Morgan fingerprint density at radius 1 is 1.29 bits per heavy atom. The number of benzene rings is 1. The van der Waals surface area contributed by atoms with E-state index in [1.54, 1.807) is 19.2 Å². The molecule has 0 bridgehead atoms. The summed E-state index contributed by atoms with van der Waals surface area (Å²) in [7, 11) is 1.64. The van der Waals surface area contributed by atoms with E-state index in [1.165, 1.54) is 12.8 Å². The van der Waals surface area contributed by atoms with Crippen LogP contribution in [0.15, 0.2) is 18.2 Å². The van der Waals surface area contributed by atoms with Crippen LogP contribution in [0, 0.1) is 0 Å². The molecule has 0 aliphatic carbocycles. The van der Waals surface area contributed by atoms with Gasteiger partial charge in [-0.1, -0.05) is 0 Å². The molecule has 0 saturated carbocycles. The predicted molar refractivity (Wildman–Crippen MR) is 56.1 cm³/mol. The average molecular weight is 193 g/mol. The molecular weight excluding hydrogens is 178 g/mol. The highest BCUT2D eigenvalue weighted by Gasteiger charge is 2.15. The predicted octanol–water partition coefficient (Wildman–Crippen LogP) is 2.00. The fraction of sp³-hybridized carbons (Fsp3) is 0.455. The number of hydrogen-bond acceptors (Lipinski definition) is 3. The van der Waals surface area contributed by atoms with E-state index < -0.39 is 0 Å². The standard InChI is InChI=1S/C11H15NO2/c1-14-9-4-5-11(13)10(8-9)12-6-2-3-7-12/h4-5,8,13H,2-3,6-7H2,1H3. The van der Waals surface area contributed by atoms with Crippen molar-refractivity contribution >= 4 is 5.69 Å². The van der Waals surface area contributed by atoms with Gasteiger partial charge in [0.1, 0.15) is 11.5 Å². The first-order valence-corrected chi connectivity index (χ1v) is 4.93. The molecule has 1 aromatic carbocycles. The van der Waals surface area contributed by atoms with Crippen LogP contribution in [0.5, 0.6) is 11.5 Å². The lowest BCUT2D eigenvalue weighted by molar-refractivity contribution is 0.412. The normalized spacial score (nSPS) is 15.9. The number of nitrogens with zero attached hydrogens (tertiary/aromatic N) is 1. The molecule has 1 fully saturated rings. The zero-order valence-corrected chi connectivity index (χ0v) is 8.36. The van der Waals surface area contributed by atoms with Gasteiger partial charge >= 0.3 is 0 Å². The van der Waals surface area contributed by atoms with E-state index in [0.717, 1.165) is 24.5 Å². The number of hydrogen-bond donors (Lipinski definition) is 1. The minimum atomic E-state index is 0.340. The molecule has 1 aromatic rings. The summed E-state index contributed by atoms with van der Waals surface area (Å²) in [5.41, 5.74) is 0.891. The summed E-state index contributed by atoms with van der Waals surface area (Å²) in [6.45, 7) is 2.06. The number of anilines is 1. The van der Waals surface area contributed by atoms with Crippen molar-refractivity contribution in [3.63, 3.8) is 0 Å². The van der Waals surface area contributed by atoms with Crippen molar-refractivity contribution in [2.45, 2.75) is 12.8 Å². The second-order valence-electron chi connectivity index (χ2n) is 3.55. The number of methoxy groups -OCH3 is 1. The number of phenolic OH excluding ortho intramolecular Hbond substituents is 1. The molecular formula is C11H15NO2. The first kappa shape index (κ1) is 9.19. The van der Waals surface area contributed by atoms with E-state index >= 15 is 0 Å². The van der Waals surface area contributed by atoms with Crippen LogP contribution in [-0.4, -0.2) is 25.3 Å². The first-order chi connectivity index (χ1) is 6.81. The molecule has 1 aliphatic heterocycles. The highest BCUT2D eigenvalue weighted by molar-refractivity contribution is 5.61. The Hall–Kier alpha value is -1.38. The van der Waals surface area contributed by atoms with Gasteiger partial charge in [0.05, 0.1) is 12.8 Å². The van der Waals surface area contributed by atoms with Gasteiger partial charge < -0.3 is 14.7 Å². The highest BCUT2D eigenvalue weighted by Crippen LogP contribution is 2.33. The fourth-order valence-corrected chi connectivity index (χ4v) is 1.84. The van der Waals surface area contributed by atoms with Crippen molar-refractivity contribution in [2.75, 3.05) is 25.1 Å². The van der Waals surface area contributed by atoms with E-state index in [0.29, 0.717) is 5.75 Å². The molecule has 0 amide bonds. The van der Waals surface area contributed by atoms with Crippen LogP contribution in [-0.2, 0) is 0 Å². The lowest BCUT2D eigenvalue weighted by Gasteiger charge is -2.19. The zero-order chi connectivity index (χ0) is 9.97. The molecule has 0 radical (unpaired) electrons. The molecule has 0 atom stereocenters. The Labute approximate surface area is 83.9 Å². The summed E-state index contributed by atoms with van der Waals surface area (Å²) in [5.74, 6) is 1.14. The molecule has 76 valence electrons. The van der Waals surface area contributed by atoms with Crippen LogP contribution >= 0.6 is 0 Å². The van der Waals surface area contributed by atoms with Crippen LogP contribution < -0.4 is 9.64 Å². The SMILES string of the molecule is COc1ccc(O)c(N2CCCC2)c1. The highest BCUT2D eigenvalue weighted by atomic mass is 16.5. The van der Waals surface area contributed by atoms with Crippen LogP contribution in [0.2, 0.25) is 0 Å². The number of phenols is 1. The number of ether oxygens (including phenoxy) is 1. The molecule has 2 rings (SSSR count). The second-order valence-corrected chi connectivity index (χ2v) is 3.55. The van der Waals surface area contributed by atoms with Gasteiger partial charge in [-0.25, -0.2) is 0 Å². The maximum atomic E-state index is 9.69. The Bertz CT molecular complexity index is 319. The summed E-state index contributed by atoms with van der Waals surface area (Å²) in [6.07, 6.45) is 2.41. The van der Waals surface area contributed by atoms with Gasteiger partial charge in [0.15, 0.2) is 0 Å². The van der Waals surface area contributed by atoms with Gasteiger partial charge in [-0.2, -0.15) is 0 Å². The number of aromatic hydroxyl groups is 1. The summed E-state index contributed by atoms with van der Waals surface area (Å²) >= 11 is 0.